The summed E-state index contributed by atoms with van der Waals surface area (Å²) in [5.74, 6) is -0.129. The molecule has 1 fully saturated rings. The van der Waals surface area contributed by atoms with Crippen molar-refractivity contribution in [1.82, 2.24) is 4.90 Å². The van der Waals surface area contributed by atoms with Crippen LogP contribution in [0.5, 0.6) is 0 Å². The zero-order valence-corrected chi connectivity index (χ0v) is 14.7. The molecule has 1 aromatic carbocycles. The summed E-state index contributed by atoms with van der Waals surface area (Å²) in [4.78, 5) is 26.3. The Balaban J connectivity index is 1.99. The minimum atomic E-state index is -0.343. The van der Waals surface area contributed by atoms with Crippen LogP contribution in [0.3, 0.4) is 0 Å². The molecule has 2 rings (SSSR count). The highest BCUT2D eigenvalue weighted by Gasteiger charge is 2.21. The Morgan fingerprint density at radius 1 is 1.17 bits per heavy atom. The second-order valence-electron chi connectivity index (χ2n) is 6.17. The third-order valence-electron chi connectivity index (χ3n) is 4.28. The SMILES string of the molecule is CCCCC(Nc1ccc(C(=O)N2CCCC2)cc1)C(=O)OCC. The van der Waals surface area contributed by atoms with Gasteiger partial charge in [0.15, 0.2) is 0 Å². The lowest BCUT2D eigenvalue weighted by Crippen LogP contribution is -2.31. The molecular weight excluding hydrogens is 304 g/mol. The monoisotopic (exact) mass is 332 g/mol. The highest BCUT2D eigenvalue weighted by molar-refractivity contribution is 5.94. The molecule has 1 N–H and O–H groups in total. The van der Waals surface area contributed by atoms with Gasteiger partial charge >= 0.3 is 5.97 Å². The number of benzene rings is 1. The average molecular weight is 332 g/mol. The molecule has 0 radical (unpaired) electrons. The fraction of sp³-hybridized carbons (Fsp3) is 0.579. The zero-order valence-electron chi connectivity index (χ0n) is 14.7. The van der Waals surface area contributed by atoms with Crippen molar-refractivity contribution in [2.24, 2.45) is 0 Å². The maximum Gasteiger partial charge on any atom is 0.328 e. The molecule has 1 saturated heterocycles. The number of hydrogen-bond acceptors (Lipinski definition) is 4. The molecule has 1 amide bonds. The number of esters is 1. The van der Waals surface area contributed by atoms with Gasteiger partial charge in [-0.3, -0.25) is 4.79 Å². The topological polar surface area (TPSA) is 58.6 Å². The number of nitrogens with one attached hydrogen (secondary N) is 1. The van der Waals surface area contributed by atoms with E-state index in [4.69, 9.17) is 4.74 Å². The van der Waals surface area contributed by atoms with Crippen LogP contribution in [0, 0.1) is 0 Å². The smallest absolute Gasteiger partial charge is 0.328 e. The number of anilines is 1. The number of rotatable bonds is 8. The molecule has 1 unspecified atom stereocenters. The Kier molecular flexibility index (Phi) is 7.09. The molecule has 5 heteroatoms. The summed E-state index contributed by atoms with van der Waals surface area (Å²) in [6.07, 6.45) is 4.90. The van der Waals surface area contributed by atoms with Gasteiger partial charge in [0.1, 0.15) is 6.04 Å². The van der Waals surface area contributed by atoms with Crippen LogP contribution in [0.25, 0.3) is 0 Å². The number of likely N-dealkylation sites (tertiary alicyclic amines) is 1. The van der Waals surface area contributed by atoms with Crippen molar-refractivity contribution in [1.29, 1.82) is 0 Å². The van der Waals surface area contributed by atoms with Crippen LogP contribution in [0.15, 0.2) is 24.3 Å². The summed E-state index contributed by atoms with van der Waals surface area (Å²) in [5, 5.41) is 3.23. The standard InChI is InChI=1S/C19H28N2O3/c1-3-5-8-17(19(23)24-4-2)20-16-11-9-15(10-12-16)18(22)21-13-6-7-14-21/h9-12,17,20H,3-8,13-14H2,1-2H3. The van der Waals surface area contributed by atoms with Gasteiger partial charge in [-0.2, -0.15) is 0 Å². The number of unbranched alkanes of at least 4 members (excludes halogenated alkanes) is 1. The summed E-state index contributed by atoms with van der Waals surface area (Å²) < 4.78 is 5.14. The Bertz CT molecular complexity index is 536. The van der Waals surface area contributed by atoms with E-state index in [9.17, 15) is 9.59 Å². The van der Waals surface area contributed by atoms with Gasteiger partial charge in [-0.05, 0) is 50.5 Å². The first kappa shape index (κ1) is 18.3. The molecule has 24 heavy (non-hydrogen) atoms. The van der Waals surface area contributed by atoms with Crippen LogP contribution in [-0.2, 0) is 9.53 Å². The number of amides is 1. The molecule has 0 bridgehead atoms. The Morgan fingerprint density at radius 3 is 2.42 bits per heavy atom. The zero-order chi connectivity index (χ0) is 17.4. The minimum absolute atomic E-state index is 0.0898. The van der Waals surface area contributed by atoms with Crippen molar-refractivity contribution in [2.45, 2.75) is 52.0 Å². The second kappa shape index (κ2) is 9.30. The molecule has 1 aliphatic rings. The Labute approximate surface area is 144 Å². The van der Waals surface area contributed by atoms with Crippen molar-refractivity contribution in [3.05, 3.63) is 29.8 Å². The van der Waals surface area contributed by atoms with Gasteiger partial charge in [-0.1, -0.05) is 19.8 Å². The van der Waals surface area contributed by atoms with Gasteiger partial charge in [0, 0.05) is 24.3 Å². The molecule has 0 spiro atoms. The van der Waals surface area contributed by atoms with Crippen LogP contribution in [0.1, 0.15) is 56.3 Å². The maximum absolute atomic E-state index is 12.3. The highest BCUT2D eigenvalue weighted by atomic mass is 16.5. The van der Waals surface area contributed by atoms with Gasteiger partial charge in [0.2, 0.25) is 0 Å². The van der Waals surface area contributed by atoms with Crippen molar-refractivity contribution in [3.8, 4) is 0 Å². The van der Waals surface area contributed by atoms with Gasteiger partial charge in [-0.15, -0.1) is 0 Å². The van der Waals surface area contributed by atoms with E-state index in [1.807, 2.05) is 36.1 Å². The molecule has 0 aromatic heterocycles. The fourth-order valence-electron chi connectivity index (χ4n) is 2.91. The summed E-state index contributed by atoms with van der Waals surface area (Å²) >= 11 is 0. The third-order valence-corrected chi connectivity index (χ3v) is 4.28. The predicted octanol–water partition coefficient (Wildman–Crippen LogP) is 3.46. The minimum Gasteiger partial charge on any atom is -0.464 e. The Morgan fingerprint density at radius 2 is 1.83 bits per heavy atom. The predicted molar refractivity (Wildman–Crippen MR) is 95.1 cm³/mol. The van der Waals surface area contributed by atoms with Crippen LogP contribution < -0.4 is 5.32 Å². The van der Waals surface area contributed by atoms with E-state index in [1.165, 1.54) is 0 Å². The molecule has 0 aliphatic carbocycles. The normalized spacial score (nSPS) is 15.2. The average Bonchev–Trinajstić information content (AvgIpc) is 3.13. The van der Waals surface area contributed by atoms with E-state index < -0.39 is 0 Å². The van der Waals surface area contributed by atoms with Gasteiger partial charge in [0.05, 0.1) is 6.61 Å². The highest BCUT2D eigenvalue weighted by Crippen LogP contribution is 2.17. The van der Waals surface area contributed by atoms with E-state index in [2.05, 4.69) is 12.2 Å². The molecular formula is C19H28N2O3. The lowest BCUT2D eigenvalue weighted by Gasteiger charge is -2.19. The second-order valence-corrected chi connectivity index (χ2v) is 6.17. The van der Waals surface area contributed by atoms with Crippen molar-refractivity contribution in [3.63, 3.8) is 0 Å². The van der Waals surface area contributed by atoms with Gasteiger partial charge < -0.3 is 15.0 Å². The summed E-state index contributed by atoms with van der Waals surface area (Å²) in [5.41, 5.74) is 1.53. The maximum atomic E-state index is 12.3. The molecule has 1 heterocycles. The van der Waals surface area contributed by atoms with Crippen LogP contribution in [0.4, 0.5) is 5.69 Å². The summed E-state index contributed by atoms with van der Waals surface area (Å²) in [6.45, 7) is 5.99. The first-order chi connectivity index (χ1) is 11.7. The van der Waals surface area contributed by atoms with E-state index in [0.717, 1.165) is 50.9 Å². The first-order valence-electron chi connectivity index (χ1n) is 8.98. The number of hydrogen-bond donors (Lipinski definition) is 1. The van der Waals surface area contributed by atoms with Gasteiger partial charge in [-0.25, -0.2) is 4.79 Å². The van der Waals surface area contributed by atoms with Crippen molar-refractivity contribution < 1.29 is 14.3 Å². The molecule has 1 aromatic rings. The quantitative estimate of drug-likeness (QED) is 0.741. The summed E-state index contributed by atoms with van der Waals surface area (Å²) in [7, 11) is 0. The molecule has 5 nitrogen and oxygen atoms in total. The molecule has 0 saturated carbocycles. The van der Waals surface area contributed by atoms with E-state index >= 15 is 0 Å². The fourth-order valence-corrected chi connectivity index (χ4v) is 2.91. The van der Waals surface area contributed by atoms with E-state index in [0.29, 0.717) is 12.2 Å². The molecule has 1 atom stereocenters. The first-order valence-corrected chi connectivity index (χ1v) is 8.98. The number of nitrogens with zero attached hydrogens (tertiary/aromatic N) is 1. The summed E-state index contributed by atoms with van der Waals surface area (Å²) in [6, 6.07) is 7.03. The van der Waals surface area contributed by atoms with E-state index in [-0.39, 0.29) is 17.9 Å². The van der Waals surface area contributed by atoms with Crippen molar-refractivity contribution in [2.75, 3.05) is 25.0 Å². The van der Waals surface area contributed by atoms with Crippen LogP contribution in [0.2, 0.25) is 0 Å². The van der Waals surface area contributed by atoms with Gasteiger partial charge in [0.25, 0.3) is 5.91 Å². The van der Waals surface area contributed by atoms with Crippen molar-refractivity contribution >= 4 is 17.6 Å². The number of carbonyl (C=O) groups is 2. The largest absolute Gasteiger partial charge is 0.464 e. The number of ether oxygens (including phenoxy) is 1. The third kappa shape index (κ3) is 4.98. The lowest BCUT2D eigenvalue weighted by atomic mass is 10.1. The Hall–Kier alpha value is -2.04. The number of carbonyl (C=O) groups excluding carboxylic acids is 2. The molecule has 1 aliphatic heterocycles. The lowest BCUT2D eigenvalue weighted by molar-refractivity contribution is -0.144. The van der Waals surface area contributed by atoms with Crippen LogP contribution >= 0.6 is 0 Å². The molecule has 132 valence electrons. The van der Waals surface area contributed by atoms with E-state index in [1.54, 1.807) is 0 Å². The van der Waals surface area contributed by atoms with Crippen LogP contribution in [-0.4, -0.2) is 42.5 Å².